The fourth-order valence-corrected chi connectivity index (χ4v) is 1.79. The molecule has 0 aliphatic carbocycles. The number of nitrogens with zero attached hydrogens (tertiary/aromatic N) is 3. The van der Waals surface area contributed by atoms with Crippen molar-refractivity contribution < 1.29 is 13.2 Å². The molecule has 1 aromatic heterocycles. The van der Waals surface area contributed by atoms with Gasteiger partial charge in [0.1, 0.15) is 5.69 Å². The van der Waals surface area contributed by atoms with Crippen molar-refractivity contribution in [3.05, 3.63) is 41.2 Å². The molecule has 102 valence electrons. The predicted octanol–water partition coefficient (Wildman–Crippen LogP) is 2.31. The highest BCUT2D eigenvalue weighted by atomic mass is 19.4. The first kappa shape index (κ1) is 13.5. The van der Waals surface area contributed by atoms with Crippen LogP contribution in [0.5, 0.6) is 0 Å². The van der Waals surface area contributed by atoms with Gasteiger partial charge in [0.05, 0.1) is 5.69 Å². The van der Waals surface area contributed by atoms with E-state index in [2.05, 4.69) is 10.3 Å². The van der Waals surface area contributed by atoms with Crippen LogP contribution >= 0.6 is 0 Å². The van der Waals surface area contributed by atoms with Crippen LogP contribution in [0.1, 0.15) is 23.9 Å². The number of aryl methyl sites for hydroxylation is 1. The summed E-state index contributed by atoms with van der Waals surface area (Å²) in [6.07, 6.45) is -3.72. The monoisotopic (exact) mass is 270 g/mol. The van der Waals surface area contributed by atoms with E-state index in [1.54, 1.807) is 24.3 Å². The van der Waals surface area contributed by atoms with Gasteiger partial charge >= 0.3 is 6.18 Å². The maximum atomic E-state index is 13.0. The highest BCUT2D eigenvalue weighted by Crippen LogP contribution is 2.32. The fourth-order valence-electron chi connectivity index (χ4n) is 1.79. The quantitative estimate of drug-likeness (QED) is 0.931. The molecule has 0 unspecified atom stereocenters. The smallest absolute Gasteiger partial charge is 0.325 e. The molecule has 1 aromatic carbocycles. The molecule has 2 N–H and O–H groups in total. The lowest BCUT2D eigenvalue weighted by molar-refractivity contribution is -0.143. The lowest BCUT2D eigenvalue weighted by atomic mass is 10.1. The van der Waals surface area contributed by atoms with E-state index in [9.17, 15) is 13.2 Å². The summed E-state index contributed by atoms with van der Waals surface area (Å²) in [7, 11) is 0. The second-order valence-corrected chi connectivity index (χ2v) is 4.02. The Hall–Kier alpha value is -1.89. The Morgan fingerprint density at radius 3 is 2.32 bits per heavy atom. The molecule has 7 heteroatoms. The van der Waals surface area contributed by atoms with Gasteiger partial charge in [0.25, 0.3) is 0 Å². The topological polar surface area (TPSA) is 56.7 Å². The Morgan fingerprint density at radius 1 is 1.21 bits per heavy atom. The normalized spacial score (nSPS) is 11.8. The number of aromatic nitrogens is 3. The Kier molecular flexibility index (Phi) is 3.57. The molecule has 4 nitrogen and oxygen atoms in total. The molecule has 19 heavy (non-hydrogen) atoms. The highest BCUT2D eigenvalue weighted by molar-refractivity contribution is 5.36. The van der Waals surface area contributed by atoms with Gasteiger partial charge in [-0.1, -0.05) is 24.3 Å². The number of nitrogens with two attached hydrogens (primary N) is 1. The molecular weight excluding hydrogens is 257 g/mol. The third-order valence-electron chi connectivity index (χ3n) is 2.79. The van der Waals surface area contributed by atoms with Crippen molar-refractivity contribution in [3.8, 4) is 5.69 Å². The average molecular weight is 270 g/mol. The van der Waals surface area contributed by atoms with E-state index in [0.717, 1.165) is 16.7 Å². The van der Waals surface area contributed by atoms with Gasteiger partial charge in [-0.3, -0.25) is 0 Å². The van der Waals surface area contributed by atoms with Gasteiger partial charge in [0, 0.05) is 6.54 Å². The molecule has 0 fully saturated rings. The molecule has 0 radical (unpaired) electrons. The number of alkyl halides is 3. The molecule has 0 atom stereocenters. The van der Waals surface area contributed by atoms with E-state index in [-0.39, 0.29) is 12.2 Å². The SMILES string of the molecule is CCc1ccc(-n2nnc(CN)c2C(F)(F)F)cc1. The summed E-state index contributed by atoms with van der Waals surface area (Å²) < 4.78 is 39.8. The van der Waals surface area contributed by atoms with Crippen LogP contribution in [0.4, 0.5) is 13.2 Å². The van der Waals surface area contributed by atoms with Crippen LogP contribution in [0.2, 0.25) is 0 Å². The zero-order valence-electron chi connectivity index (χ0n) is 10.3. The fraction of sp³-hybridized carbons (Fsp3) is 0.333. The van der Waals surface area contributed by atoms with Crippen molar-refractivity contribution >= 4 is 0 Å². The molecule has 0 aliphatic heterocycles. The molecule has 0 saturated heterocycles. The number of halogens is 3. The molecule has 2 aromatic rings. The minimum absolute atomic E-state index is 0.257. The van der Waals surface area contributed by atoms with Crippen molar-refractivity contribution in [3.63, 3.8) is 0 Å². The van der Waals surface area contributed by atoms with Crippen molar-refractivity contribution in [2.75, 3.05) is 0 Å². The van der Waals surface area contributed by atoms with Crippen LogP contribution in [-0.2, 0) is 19.1 Å². The number of benzene rings is 1. The van der Waals surface area contributed by atoms with E-state index in [4.69, 9.17) is 5.73 Å². The average Bonchev–Trinajstić information content (AvgIpc) is 2.82. The second-order valence-electron chi connectivity index (χ2n) is 4.02. The first-order valence-corrected chi connectivity index (χ1v) is 5.78. The van der Waals surface area contributed by atoms with E-state index >= 15 is 0 Å². The third kappa shape index (κ3) is 2.60. The van der Waals surface area contributed by atoms with Gasteiger partial charge in [0.15, 0.2) is 5.69 Å². The van der Waals surface area contributed by atoms with Gasteiger partial charge in [-0.05, 0) is 24.1 Å². The van der Waals surface area contributed by atoms with Crippen molar-refractivity contribution in [2.24, 2.45) is 5.73 Å². The van der Waals surface area contributed by atoms with Crippen molar-refractivity contribution in [1.29, 1.82) is 0 Å². The molecular formula is C12H13F3N4. The first-order valence-electron chi connectivity index (χ1n) is 5.78. The minimum atomic E-state index is -4.54. The summed E-state index contributed by atoms with van der Waals surface area (Å²) in [6, 6.07) is 6.70. The summed E-state index contributed by atoms with van der Waals surface area (Å²) in [5.41, 5.74) is 5.45. The largest absolute Gasteiger partial charge is 0.435 e. The predicted molar refractivity (Wildman–Crippen MR) is 63.6 cm³/mol. The number of hydrogen-bond acceptors (Lipinski definition) is 3. The number of rotatable bonds is 3. The van der Waals surface area contributed by atoms with Gasteiger partial charge < -0.3 is 5.73 Å². The van der Waals surface area contributed by atoms with Gasteiger partial charge in [-0.2, -0.15) is 13.2 Å². The minimum Gasteiger partial charge on any atom is -0.325 e. The summed E-state index contributed by atoms with van der Waals surface area (Å²) in [5, 5.41) is 7.03. The lowest BCUT2D eigenvalue weighted by Gasteiger charge is -2.11. The third-order valence-corrected chi connectivity index (χ3v) is 2.79. The van der Waals surface area contributed by atoms with E-state index in [1.165, 1.54) is 0 Å². The molecule has 1 heterocycles. The zero-order valence-corrected chi connectivity index (χ0v) is 10.3. The van der Waals surface area contributed by atoms with Gasteiger partial charge in [-0.25, -0.2) is 4.68 Å². The first-order chi connectivity index (χ1) is 8.97. The van der Waals surface area contributed by atoms with Crippen molar-refractivity contribution in [2.45, 2.75) is 26.1 Å². The summed E-state index contributed by atoms with van der Waals surface area (Å²) >= 11 is 0. The van der Waals surface area contributed by atoms with Gasteiger partial charge in [-0.15, -0.1) is 5.10 Å². The standard InChI is InChI=1S/C12H13F3N4/c1-2-8-3-5-9(6-4-8)19-11(12(13,14)15)10(7-16)17-18-19/h3-6H,2,7,16H2,1H3. The van der Waals surface area contributed by atoms with Crippen LogP contribution in [-0.4, -0.2) is 15.0 Å². The zero-order chi connectivity index (χ0) is 14.0. The van der Waals surface area contributed by atoms with Crippen LogP contribution in [0.3, 0.4) is 0 Å². The molecule has 0 spiro atoms. The Morgan fingerprint density at radius 2 is 1.84 bits per heavy atom. The maximum Gasteiger partial charge on any atom is 0.435 e. The summed E-state index contributed by atoms with van der Waals surface area (Å²) in [6.45, 7) is 1.67. The molecule has 0 aliphatic rings. The van der Waals surface area contributed by atoms with E-state index in [0.29, 0.717) is 5.69 Å². The molecule has 0 amide bonds. The van der Waals surface area contributed by atoms with Crippen molar-refractivity contribution in [1.82, 2.24) is 15.0 Å². The van der Waals surface area contributed by atoms with Crippen LogP contribution in [0, 0.1) is 0 Å². The van der Waals surface area contributed by atoms with E-state index in [1.807, 2.05) is 6.92 Å². The van der Waals surface area contributed by atoms with Crippen LogP contribution < -0.4 is 5.73 Å². The van der Waals surface area contributed by atoms with Crippen LogP contribution in [0.25, 0.3) is 5.69 Å². The Bertz CT molecular complexity index is 557. The van der Waals surface area contributed by atoms with Crippen LogP contribution in [0.15, 0.2) is 24.3 Å². The summed E-state index contributed by atoms with van der Waals surface area (Å²) in [4.78, 5) is 0. The Balaban J connectivity index is 2.52. The highest BCUT2D eigenvalue weighted by Gasteiger charge is 2.39. The van der Waals surface area contributed by atoms with E-state index < -0.39 is 11.9 Å². The summed E-state index contributed by atoms with van der Waals surface area (Å²) in [5.74, 6) is 0. The molecule has 0 bridgehead atoms. The second kappa shape index (κ2) is 5.00. The molecule has 0 saturated carbocycles. The van der Waals surface area contributed by atoms with Gasteiger partial charge in [0.2, 0.25) is 0 Å². The number of hydrogen-bond donors (Lipinski definition) is 1. The maximum absolute atomic E-state index is 13.0. The lowest BCUT2D eigenvalue weighted by Crippen LogP contribution is -2.16. The Labute approximate surface area is 108 Å². The molecule has 2 rings (SSSR count).